The summed E-state index contributed by atoms with van der Waals surface area (Å²) in [6.45, 7) is 3.37. The molecule has 0 saturated heterocycles. The Balaban J connectivity index is 1.98. The summed E-state index contributed by atoms with van der Waals surface area (Å²) in [5, 5.41) is 6.02. The molecule has 1 aliphatic carbocycles. The Bertz CT molecular complexity index is 545. The van der Waals surface area contributed by atoms with Gasteiger partial charge in [-0.05, 0) is 43.9 Å². The number of nitrogens with one attached hydrogen (secondary N) is 2. The van der Waals surface area contributed by atoms with Gasteiger partial charge in [-0.15, -0.1) is 0 Å². The molecule has 1 aromatic rings. The molecule has 3 nitrogen and oxygen atoms in total. The Morgan fingerprint density at radius 2 is 2.04 bits per heavy atom. The molecule has 1 amide bonds. The molecule has 3 atom stereocenters. The van der Waals surface area contributed by atoms with Crippen molar-refractivity contribution in [2.24, 2.45) is 5.92 Å². The third kappa shape index (κ3) is 5.23. The van der Waals surface area contributed by atoms with Gasteiger partial charge in [0.05, 0.1) is 5.92 Å². The molecule has 1 aromatic carbocycles. The molecule has 1 fully saturated rings. The maximum absolute atomic E-state index is 12.9. The number of alkyl halides is 3. The first-order chi connectivity index (χ1) is 10.8. The average Bonchev–Trinajstić information content (AvgIpc) is 2.46. The fraction of sp³-hybridized carbons (Fsp3) is 0.588. The standard InChI is InChI=1S/C17H23F3N2O/c1-11(13-5-3-7-15(9-13)22-12(2)23)21-16-8-4-6-14(10-16)17(18,19)20/h3,5,7,9,11,14,16,21H,4,6,8,10H2,1-2H3,(H,22,23). The van der Waals surface area contributed by atoms with Gasteiger partial charge in [0.15, 0.2) is 0 Å². The molecule has 23 heavy (non-hydrogen) atoms. The molecular formula is C17H23F3N2O. The van der Waals surface area contributed by atoms with Gasteiger partial charge in [-0.2, -0.15) is 13.2 Å². The summed E-state index contributed by atoms with van der Waals surface area (Å²) in [4.78, 5) is 11.1. The summed E-state index contributed by atoms with van der Waals surface area (Å²) >= 11 is 0. The van der Waals surface area contributed by atoms with Gasteiger partial charge in [0, 0.05) is 24.7 Å². The Labute approximate surface area is 134 Å². The van der Waals surface area contributed by atoms with Crippen molar-refractivity contribution in [2.75, 3.05) is 5.32 Å². The topological polar surface area (TPSA) is 41.1 Å². The molecule has 3 unspecified atom stereocenters. The number of anilines is 1. The number of rotatable bonds is 4. The van der Waals surface area contributed by atoms with E-state index in [0.29, 0.717) is 12.1 Å². The van der Waals surface area contributed by atoms with Crippen LogP contribution in [0.15, 0.2) is 24.3 Å². The van der Waals surface area contributed by atoms with Crippen LogP contribution >= 0.6 is 0 Å². The smallest absolute Gasteiger partial charge is 0.326 e. The molecule has 0 radical (unpaired) electrons. The van der Waals surface area contributed by atoms with Gasteiger partial charge in [-0.25, -0.2) is 0 Å². The van der Waals surface area contributed by atoms with E-state index in [1.54, 1.807) is 6.07 Å². The second-order valence-corrected chi connectivity index (χ2v) is 6.30. The highest BCUT2D eigenvalue weighted by Gasteiger charge is 2.42. The van der Waals surface area contributed by atoms with Crippen molar-refractivity contribution in [3.8, 4) is 0 Å². The molecule has 1 saturated carbocycles. The van der Waals surface area contributed by atoms with Crippen molar-refractivity contribution in [3.63, 3.8) is 0 Å². The van der Waals surface area contributed by atoms with Gasteiger partial charge in [0.2, 0.25) is 5.91 Å². The molecule has 0 spiro atoms. The number of benzene rings is 1. The molecule has 0 bridgehead atoms. The highest BCUT2D eigenvalue weighted by Crippen LogP contribution is 2.38. The van der Waals surface area contributed by atoms with Crippen molar-refractivity contribution in [1.82, 2.24) is 5.32 Å². The zero-order valence-electron chi connectivity index (χ0n) is 13.4. The number of hydrogen-bond donors (Lipinski definition) is 2. The first-order valence-corrected chi connectivity index (χ1v) is 7.96. The van der Waals surface area contributed by atoms with E-state index in [-0.39, 0.29) is 30.8 Å². The minimum Gasteiger partial charge on any atom is -0.326 e. The molecule has 2 N–H and O–H groups in total. The van der Waals surface area contributed by atoms with Crippen LogP contribution in [-0.2, 0) is 4.79 Å². The van der Waals surface area contributed by atoms with Gasteiger partial charge in [-0.1, -0.05) is 18.6 Å². The van der Waals surface area contributed by atoms with E-state index < -0.39 is 12.1 Å². The summed E-state index contributed by atoms with van der Waals surface area (Å²) in [5.41, 5.74) is 1.64. The first-order valence-electron chi connectivity index (χ1n) is 7.96. The van der Waals surface area contributed by atoms with E-state index in [1.165, 1.54) is 6.92 Å². The van der Waals surface area contributed by atoms with Crippen molar-refractivity contribution < 1.29 is 18.0 Å². The lowest BCUT2D eigenvalue weighted by atomic mass is 9.84. The monoisotopic (exact) mass is 328 g/mol. The number of amides is 1. The first kappa shape index (κ1) is 17.8. The minimum absolute atomic E-state index is 0.0688. The van der Waals surface area contributed by atoms with Crippen LogP contribution in [0.4, 0.5) is 18.9 Å². The van der Waals surface area contributed by atoms with Crippen molar-refractivity contribution in [1.29, 1.82) is 0 Å². The average molecular weight is 328 g/mol. The highest BCUT2D eigenvalue weighted by molar-refractivity contribution is 5.88. The van der Waals surface area contributed by atoms with Crippen LogP contribution in [0.2, 0.25) is 0 Å². The lowest BCUT2D eigenvalue weighted by molar-refractivity contribution is -0.183. The SMILES string of the molecule is CC(=O)Nc1cccc(C(C)NC2CCCC(C(F)(F)F)C2)c1. The second kappa shape index (κ2) is 7.34. The summed E-state index contributed by atoms with van der Waals surface area (Å²) < 4.78 is 38.6. The van der Waals surface area contributed by atoms with Crippen LogP contribution in [0.5, 0.6) is 0 Å². The predicted octanol–water partition coefficient (Wildman–Crippen LogP) is 4.42. The van der Waals surface area contributed by atoms with Crippen LogP contribution in [-0.4, -0.2) is 18.1 Å². The normalized spacial score (nSPS) is 23.3. The van der Waals surface area contributed by atoms with Crippen LogP contribution in [0.3, 0.4) is 0 Å². The van der Waals surface area contributed by atoms with Gasteiger partial charge in [0.1, 0.15) is 0 Å². The largest absolute Gasteiger partial charge is 0.391 e. The summed E-state index contributed by atoms with van der Waals surface area (Å²) in [5.74, 6) is -1.35. The molecule has 0 heterocycles. The van der Waals surface area contributed by atoms with Gasteiger partial charge < -0.3 is 10.6 Å². The zero-order valence-corrected chi connectivity index (χ0v) is 13.4. The van der Waals surface area contributed by atoms with E-state index in [4.69, 9.17) is 0 Å². The quantitative estimate of drug-likeness (QED) is 0.859. The molecule has 6 heteroatoms. The van der Waals surface area contributed by atoms with Crippen LogP contribution in [0.1, 0.15) is 51.1 Å². The molecule has 2 rings (SSSR count). The molecule has 0 aliphatic heterocycles. The van der Waals surface area contributed by atoms with Crippen LogP contribution in [0, 0.1) is 5.92 Å². The van der Waals surface area contributed by atoms with Crippen molar-refractivity contribution in [3.05, 3.63) is 29.8 Å². The Morgan fingerprint density at radius 1 is 1.30 bits per heavy atom. The zero-order chi connectivity index (χ0) is 17.0. The molecular weight excluding hydrogens is 305 g/mol. The fourth-order valence-corrected chi connectivity index (χ4v) is 3.18. The Hall–Kier alpha value is -1.56. The number of carbonyl (C=O) groups excluding carboxylic acids is 1. The number of hydrogen-bond acceptors (Lipinski definition) is 2. The van der Waals surface area contributed by atoms with Crippen LogP contribution < -0.4 is 10.6 Å². The lowest BCUT2D eigenvalue weighted by Gasteiger charge is -2.33. The van der Waals surface area contributed by atoms with Crippen molar-refractivity contribution in [2.45, 2.75) is 57.8 Å². The van der Waals surface area contributed by atoms with E-state index in [9.17, 15) is 18.0 Å². The Kier molecular flexibility index (Phi) is 5.68. The predicted molar refractivity (Wildman–Crippen MR) is 84.1 cm³/mol. The third-order valence-corrected chi connectivity index (χ3v) is 4.33. The number of halogens is 3. The Morgan fingerprint density at radius 3 is 2.70 bits per heavy atom. The summed E-state index contributed by atoms with van der Waals surface area (Å²) in [7, 11) is 0. The second-order valence-electron chi connectivity index (χ2n) is 6.30. The highest BCUT2D eigenvalue weighted by atomic mass is 19.4. The van der Waals surface area contributed by atoms with Crippen LogP contribution in [0.25, 0.3) is 0 Å². The molecule has 0 aromatic heterocycles. The van der Waals surface area contributed by atoms with E-state index in [1.807, 2.05) is 25.1 Å². The van der Waals surface area contributed by atoms with Gasteiger partial charge in [0.25, 0.3) is 0 Å². The van der Waals surface area contributed by atoms with E-state index in [2.05, 4.69) is 10.6 Å². The van der Waals surface area contributed by atoms with Crippen molar-refractivity contribution >= 4 is 11.6 Å². The third-order valence-electron chi connectivity index (χ3n) is 4.33. The maximum atomic E-state index is 12.9. The molecule has 1 aliphatic rings. The summed E-state index contributed by atoms with van der Waals surface area (Å²) in [6.07, 6.45) is -2.37. The number of carbonyl (C=O) groups is 1. The van der Waals surface area contributed by atoms with E-state index >= 15 is 0 Å². The lowest BCUT2D eigenvalue weighted by Crippen LogP contribution is -2.39. The van der Waals surface area contributed by atoms with Gasteiger partial charge >= 0.3 is 6.18 Å². The maximum Gasteiger partial charge on any atom is 0.391 e. The molecule has 128 valence electrons. The minimum atomic E-state index is -4.10. The van der Waals surface area contributed by atoms with E-state index in [0.717, 1.165) is 12.0 Å². The fourth-order valence-electron chi connectivity index (χ4n) is 3.18. The van der Waals surface area contributed by atoms with Gasteiger partial charge in [-0.3, -0.25) is 4.79 Å². The summed E-state index contributed by atoms with van der Waals surface area (Å²) in [6, 6.07) is 7.18.